The van der Waals surface area contributed by atoms with Gasteiger partial charge in [-0.05, 0) is 19.1 Å². The first-order chi connectivity index (χ1) is 13.1. The topological polar surface area (TPSA) is 55.3 Å². The molecule has 0 unspecified atom stereocenters. The first-order valence-corrected chi connectivity index (χ1v) is 8.95. The summed E-state index contributed by atoms with van der Waals surface area (Å²) in [6, 6.07) is 13.8. The maximum atomic E-state index is 5.50. The molecule has 6 nitrogen and oxygen atoms in total. The fourth-order valence-electron chi connectivity index (χ4n) is 2.87. The van der Waals surface area contributed by atoms with Crippen molar-refractivity contribution >= 4 is 5.96 Å². The second-order valence-corrected chi connectivity index (χ2v) is 5.99. The molecule has 0 radical (unpaired) electrons. The lowest BCUT2D eigenvalue weighted by Gasteiger charge is -2.23. The third-order valence-corrected chi connectivity index (χ3v) is 4.18. The minimum Gasteiger partial charge on any atom is -0.496 e. The molecule has 0 saturated heterocycles. The average molecular weight is 371 g/mol. The van der Waals surface area contributed by atoms with Crippen molar-refractivity contribution < 1.29 is 14.2 Å². The van der Waals surface area contributed by atoms with Crippen LogP contribution in [0.15, 0.2) is 47.5 Å². The lowest BCUT2D eigenvalue weighted by atomic mass is 10.2. The number of guanidine groups is 1. The number of hydrogen-bond acceptors (Lipinski definition) is 4. The van der Waals surface area contributed by atoms with E-state index in [1.54, 1.807) is 21.3 Å². The van der Waals surface area contributed by atoms with Crippen LogP contribution >= 0.6 is 0 Å². The highest BCUT2D eigenvalue weighted by atomic mass is 16.5. The minimum absolute atomic E-state index is 0.485. The summed E-state index contributed by atoms with van der Waals surface area (Å²) < 4.78 is 16.3. The molecule has 0 aromatic heterocycles. The molecule has 0 saturated carbocycles. The summed E-state index contributed by atoms with van der Waals surface area (Å²) in [5.74, 6) is 3.10. The number of nitrogens with zero attached hydrogens (tertiary/aromatic N) is 2. The number of aliphatic imine (C=N–C) groups is 1. The van der Waals surface area contributed by atoms with E-state index in [2.05, 4.69) is 23.2 Å². The first-order valence-electron chi connectivity index (χ1n) is 8.95. The summed E-state index contributed by atoms with van der Waals surface area (Å²) in [7, 11) is 6.98. The van der Waals surface area contributed by atoms with Gasteiger partial charge in [-0.1, -0.05) is 30.3 Å². The molecule has 2 aromatic rings. The molecule has 0 fully saturated rings. The molecule has 0 amide bonds. The zero-order valence-corrected chi connectivity index (χ0v) is 16.8. The van der Waals surface area contributed by atoms with Crippen molar-refractivity contribution in [2.24, 2.45) is 4.99 Å². The van der Waals surface area contributed by atoms with Crippen LogP contribution in [0.1, 0.15) is 18.1 Å². The highest BCUT2D eigenvalue weighted by Crippen LogP contribution is 2.31. The van der Waals surface area contributed by atoms with Crippen molar-refractivity contribution in [1.82, 2.24) is 10.2 Å². The summed E-state index contributed by atoms with van der Waals surface area (Å²) in [5.41, 5.74) is 2.07. The highest BCUT2D eigenvalue weighted by molar-refractivity contribution is 5.79. The van der Waals surface area contributed by atoms with Crippen LogP contribution in [0, 0.1) is 0 Å². The Bertz CT molecular complexity index is 762. The van der Waals surface area contributed by atoms with Gasteiger partial charge in [0.25, 0.3) is 0 Å². The van der Waals surface area contributed by atoms with E-state index in [1.807, 2.05) is 43.4 Å². The predicted molar refractivity (Wildman–Crippen MR) is 109 cm³/mol. The van der Waals surface area contributed by atoms with Gasteiger partial charge in [-0.2, -0.15) is 0 Å². The van der Waals surface area contributed by atoms with E-state index < -0.39 is 0 Å². The first kappa shape index (κ1) is 20.4. The number of nitrogens with one attached hydrogen (secondary N) is 1. The molecule has 1 N–H and O–H groups in total. The standard InChI is InChI=1S/C21H29N3O3/c1-6-22-21(24(2)15-17-10-7-8-12-18(17)25-3)23-14-16-11-9-13-19(26-4)20(16)27-5/h7-13H,6,14-15H2,1-5H3,(H,22,23). The Labute approximate surface area is 161 Å². The number of hydrogen-bond donors (Lipinski definition) is 1. The molecule has 0 aliphatic heterocycles. The molecule has 146 valence electrons. The van der Waals surface area contributed by atoms with Crippen LogP contribution in [0.4, 0.5) is 0 Å². The van der Waals surface area contributed by atoms with Gasteiger partial charge < -0.3 is 24.4 Å². The minimum atomic E-state index is 0.485. The highest BCUT2D eigenvalue weighted by Gasteiger charge is 2.12. The van der Waals surface area contributed by atoms with E-state index >= 15 is 0 Å². The molecule has 2 aromatic carbocycles. The largest absolute Gasteiger partial charge is 0.496 e. The Morgan fingerprint density at radius 1 is 0.926 bits per heavy atom. The van der Waals surface area contributed by atoms with Crippen LogP contribution < -0.4 is 19.5 Å². The molecule has 0 bridgehead atoms. The van der Waals surface area contributed by atoms with Gasteiger partial charge in [0.1, 0.15) is 5.75 Å². The van der Waals surface area contributed by atoms with Crippen LogP contribution in [-0.4, -0.2) is 45.8 Å². The molecule has 2 rings (SSSR count). The molecule has 0 heterocycles. The van der Waals surface area contributed by atoms with Gasteiger partial charge in [0.15, 0.2) is 17.5 Å². The average Bonchev–Trinajstić information content (AvgIpc) is 2.70. The zero-order valence-electron chi connectivity index (χ0n) is 16.8. The lowest BCUT2D eigenvalue weighted by molar-refractivity contribution is 0.351. The zero-order chi connectivity index (χ0) is 19.6. The van der Waals surface area contributed by atoms with Crippen molar-refractivity contribution in [3.05, 3.63) is 53.6 Å². The number of ether oxygens (including phenoxy) is 3. The number of benzene rings is 2. The van der Waals surface area contributed by atoms with E-state index in [0.717, 1.165) is 29.4 Å². The van der Waals surface area contributed by atoms with Crippen molar-refractivity contribution in [3.63, 3.8) is 0 Å². The van der Waals surface area contributed by atoms with Gasteiger partial charge in [0.2, 0.25) is 0 Å². The maximum absolute atomic E-state index is 5.50. The van der Waals surface area contributed by atoms with Crippen molar-refractivity contribution in [2.45, 2.75) is 20.0 Å². The van der Waals surface area contributed by atoms with Gasteiger partial charge in [-0.25, -0.2) is 4.99 Å². The Morgan fingerprint density at radius 3 is 2.26 bits per heavy atom. The molecule has 0 aliphatic rings. The molecular weight excluding hydrogens is 342 g/mol. The fraction of sp³-hybridized carbons (Fsp3) is 0.381. The van der Waals surface area contributed by atoms with E-state index in [9.17, 15) is 0 Å². The van der Waals surface area contributed by atoms with E-state index in [1.165, 1.54) is 0 Å². The van der Waals surface area contributed by atoms with E-state index in [0.29, 0.717) is 24.6 Å². The van der Waals surface area contributed by atoms with Crippen LogP contribution in [0.25, 0.3) is 0 Å². The third-order valence-electron chi connectivity index (χ3n) is 4.18. The number of rotatable bonds is 8. The van der Waals surface area contributed by atoms with Gasteiger partial charge >= 0.3 is 0 Å². The van der Waals surface area contributed by atoms with Crippen LogP contribution in [0.5, 0.6) is 17.2 Å². The summed E-state index contributed by atoms with van der Waals surface area (Å²) in [6.07, 6.45) is 0. The second-order valence-electron chi connectivity index (χ2n) is 5.99. The Hall–Kier alpha value is -2.89. The molecule has 0 aliphatic carbocycles. The van der Waals surface area contributed by atoms with E-state index in [4.69, 9.17) is 19.2 Å². The van der Waals surface area contributed by atoms with Crippen LogP contribution in [-0.2, 0) is 13.1 Å². The monoisotopic (exact) mass is 371 g/mol. The Balaban J connectivity index is 2.21. The maximum Gasteiger partial charge on any atom is 0.194 e. The van der Waals surface area contributed by atoms with Gasteiger partial charge in [0.05, 0.1) is 27.9 Å². The molecule has 0 atom stereocenters. The number of methoxy groups -OCH3 is 3. The SMILES string of the molecule is CCNC(=NCc1cccc(OC)c1OC)N(C)Cc1ccccc1OC. The third kappa shape index (κ3) is 5.29. The van der Waals surface area contributed by atoms with Crippen molar-refractivity contribution in [3.8, 4) is 17.2 Å². The van der Waals surface area contributed by atoms with Crippen molar-refractivity contribution in [1.29, 1.82) is 0 Å². The Morgan fingerprint density at radius 2 is 1.59 bits per heavy atom. The normalized spacial score (nSPS) is 11.1. The summed E-state index contributed by atoms with van der Waals surface area (Å²) in [6.45, 7) is 4.01. The smallest absolute Gasteiger partial charge is 0.194 e. The van der Waals surface area contributed by atoms with Gasteiger partial charge in [-0.15, -0.1) is 0 Å². The van der Waals surface area contributed by atoms with Gasteiger partial charge in [-0.3, -0.25) is 0 Å². The van der Waals surface area contributed by atoms with Crippen LogP contribution in [0.3, 0.4) is 0 Å². The van der Waals surface area contributed by atoms with E-state index in [-0.39, 0.29) is 0 Å². The predicted octanol–water partition coefficient (Wildman–Crippen LogP) is 3.31. The molecule has 6 heteroatoms. The summed E-state index contributed by atoms with van der Waals surface area (Å²) in [5, 5.41) is 3.34. The fourth-order valence-corrected chi connectivity index (χ4v) is 2.87. The van der Waals surface area contributed by atoms with Gasteiger partial charge in [0, 0.05) is 31.3 Å². The lowest BCUT2D eigenvalue weighted by Crippen LogP contribution is -2.38. The van der Waals surface area contributed by atoms with Crippen LogP contribution in [0.2, 0.25) is 0 Å². The summed E-state index contributed by atoms with van der Waals surface area (Å²) in [4.78, 5) is 6.85. The summed E-state index contributed by atoms with van der Waals surface area (Å²) >= 11 is 0. The number of para-hydroxylation sites is 2. The molecule has 0 spiro atoms. The Kier molecular flexibility index (Phi) is 7.79. The second kappa shape index (κ2) is 10.3. The molecular formula is C21H29N3O3. The van der Waals surface area contributed by atoms with Crippen molar-refractivity contribution in [2.75, 3.05) is 34.9 Å². The molecule has 27 heavy (non-hydrogen) atoms. The quantitative estimate of drug-likeness (QED) is 0.570.